The molecule has 0 aromatic rings. The first-order chi connectivity index (χ1) is 10.5. The van der Waals surface area contributed by atoms with Crippen LogP contribution in [-0.2, 0) is 9.47 Å². The van der Waals surface area contributed by atoms with Crippen molar-refractivity contribution in [2.24, 2.45) is 5.41 Å². The highest BCUT2D eigenvalue weighted by molar-refractivity contribution is 9.09. The number of unbranched alkanes of at least 4 members (excludes halogenated alkanes) is 7. The maximum Gasteiger partial charge on any atom is 0.508 e. The molecule has 0 aliphatic carbocycles. The summed E-state index contributed by atoms with van der Waals surface area (Å²) in [5.41, 5.74) is 0.0332. The lowest BCUT2D eigenvalue weighted by Gasteiger charge is -2.23. The third kappa shape index (κ3) is 14.7. The summed E-state index contributed by atoms with van der Waals surface area (Å²) in [7, 11) is 0. The van der Waals surface area contributed by atoms with Gasteiger partial charge in [-0.2, -0.15) is 0 Å². The fraction of sp³-hybridized carbons (Fsp3) is 0.944. The standard InChI is InChI=1S/C18H35BrO3/c1-4-5-6-7-8-12-15-21-17(20)22-16-18(2,3)13-10-9-11-14-19/h4-16H2,1-3H3. The van der Waals surface area contributed by atoms with Gasteiger partial charge in [-0.1, -0.05) is 81.6 Å². The van der Waals surface area contributed by atoms with Crippen LogP contribution in [0.2, 0.25) is 0 Å². The van der Waals surface area contributed by atoms with E-state index >= 15 is 0 Å². The van der Waals surface area contributed by atoms with E-state index in [0.717, 1.165) is 24.6 Å². The summed E-state index contributed by atoms with van der Waals surface area (Å²) < 4.78 is 10.4. The van der Waals surface area contributed by atoms with Gasteiger partial charge in [0.05, 0.1) is 6.61 Å². The number of hydrogen-bond acceptors (Lipinski definition) is 3. The van der Waals surface area contributed by atoms with Crippen LogP contribution in [0.15, 0.2) is 0 Å². The summed E-state index contributed by atoms with van der Waals surface area (Å²) in [5, 5.41) is 1.06. The highest BCUT2D eigenvalue weighted by Crippen LogP contribution is 2.24. The van der Waals surface area contributed by atoms with Gasteiger partial charge in [-0.25, -0.2) is 4.79 Å². The lowest BCUT2D eigenvalue weighted by Crippen LogP contribution is -2.22. The Balaban J connectivity index is 3.53. The largest absolute Gasteiger partial charge is 0.508 e. The molecule has 3 nitrogen and oxygen atoms in total. The van der Waals surface area contributed by atoms with Crippen molar-refractivity contribution in [3.05, 3.63) is 0 Å². The van der Waals surface area contributed by atoms with Crippen LogP contribution in [0.3, 0.4) is 0 Å². The molecule has 0 bridgehead atoms. The third-order valence-electron chi connectivity index (χ3n) is 3.79. The molecule has 22 heavy (non-hydrogen) atoms. The van der Waals surface area contributed by atoms with Gasteiger partial charge in [0, 0.05) is 5.33 Å². The minimum Gasteiger partial charge on any atom is -0.434 e. The molecule has 132 valence electrons. The van der Waals surface area contributed by atoms with Crippen LogP contribution < -0.4 is 0 Å². The third-order valence-corrected chi connectivity index (χ3v) is 4.35. The van der Waals surface area contributed by atoms with Crippen LogP contribution >= 0.6 is 15.9 Å². The topological polar surface area (TPSA) is 35.5 Å². The molecule has 0 aliphatic rings. The first-order valence-corrected chi connectivity index (χ1v) is 9.99. The van der Waals surface area contributed by atoms with Crippen LogP contribution in [-0.4, -0.2) is 24.7 Å². The second-order valence-corrected chi connectivity index (χ2v) is 7.61. The molecule has 0 heterocycles. The molecule has 0 radical (unpaired) electrons. The number of carbonyl (C=O) groups is 1. The fourth-order valence-corrected chi connectivity index (χ4v) is 2.68. The molecule has 0 aromatic carbocycles. The Morgan fingerprint density at radius 2 is 1.55 bits per heavy atom. The van der Waals surface area contributed by atoms with Crippen molar-refractivity contribution in [3.63, 3.8) is 0 Å². The minimum atomic E-state index is -0.512. The van der Waals surface area contributed by atoms with E-state index in [4.69, 9.17) is 9.47 Å². The number of alkyl halides is 1. The molecular weight excluding hydrogens is 344 g/mol. The minimum absolute atomic E-state index is 0.0332. The average molecular weight is 379 g/mol. The highest BCUT2D eigenvalue weighted by Gasteiger charge is 2.20. The Hall–Kier alpha value is -0.250. The van der Waals surface area contributed by atoms with E-state index < -0.39 is 6.16 Å². The zero-order valence-electron chi connectivity index (χ0n) is 14.8. The van der Waals surface area contributed by atoms with Crippen LogP contribution in [0.25, 0.3) is 0 Å². The summed E-state index contributed by atoms with van der Waals surface area (Å²) in [6.07, 6.45) is 11.3. The van der Waals surface area contributed by atoms with E-state index in [9.17, 15) is 4.79 Å². The van der Waals surface area contributed by atoms with Gasteiger partial charge in [-0.05, 0) is 24.7 Å². The second-order valence-electron chi connectivity index (χ2n) is 6.82. The zero-order chi connectivity index (χ0) is 16.7. The van der Waals surface area contributed by atoms with Crippen molar-refractivity contribution < 1.29 is 14.3 Å². The highest BCUT2D eigenvalue weighted by atomic mass is 79.9. The molecule has 0 N–H and O–H groups in total. The van der Waals surface area contributed by atoms with Crippen molar-refractivity contribution in [1.29, 1.82) is 0 Å². The van der Waals surface area contributed by atoms with Crippen LogP contribution in [0, 0.1) is 5.41 Å². The van der Waals surface area contributed by atoms with Crippen molar-refractivity contribution in [2.75, 3.05) is 18.5 Å². The zero-order valence-corrected chi connectivity index (χ0v) is 16.4. The van der Waals surface area contributed by atoms with Crippen LogP contribution in [0.1, 0.15) is 85.0 Å². The van der Waals surface area contributed by atoms with Gasteiger partial charge in [0.15, 0.2) is 0 Å². The van der Waals surface area contributed by atoms with Gasteiger partial charge in [0.1, 0.15) is 6.61 Å². The molecule has 0 saturated heterocycles. The quantitative estimate of drug-likeness (QED) is 0.197. The normalized spacial score (nSPS) is 11.5. The lowest BCUT2D eigenvalue weighted by molar-refractivity contribution is 0.0263. The van der Waals surface area contributed by atoms with Gasteiger partial charge in [-0.15, -0.1) is 0 Å². The Morgan fingerprint density at radius 3 is 2.23 bits per heavy atom. The molecule has 0 amide bonds. The maximum atomic E-state index is 11.6. The Kier molecular flexibility index (Phi) is 14.2. The number of carbonyl (C=O) groups excluding carboxylic acids is 1. The molecular formula is C18H35BrO3. The van der Waals surface area contributed by atoms with E-state index in [1.807, 2.05) is 0 Å². The lowest BCUT2D eigenvalue weighted by atomic mass is 9.88. The summed E-state index contributed by atoms with van der Waals surface area (Å²) in [6, 6.07) is 0. The fourth-order valence-electron chi connectivity index (χ4n) is 2.28. The van der Waals surface area contributed by atoms with E-state index in [1.165, 1.54) is 44.9 Å². The monoisotopic (exact) mass is 378 g/mol. The summed E-state index contributed by atoms with van der Waals surface area (Å²) in [4.78, 5) is 11.6. The first kappa shape index (κ1) is 21.8. The number of halogens is 1. The molecule has 0 rings (SSSR count). The van der Waals surface area contributed by atoms with Crippen LogP contribution in [0.4, 0.5) is 4.79 Å². The number of rotatable bonds is 14. The Bertz CT molecular complexity index is 267. The molecule has 0 aromatic heterocycles. The first-order valence-electron chi connectivity index (χ1n) is 8.87. The molecule has 0 atom stereocenters. The van der Waals surface area contributed by atoms with Gasteiger partial charge in [0.25, 0.3) is 0 Å². The van der Waals surface area contributed by atoms with Crippen molar-refractivity contribution in [1.82, 2.24) is 0 Å². The van der Waals surface area contributed by atoms with Crippen LogP contribution in [0.5, 0.6) is 0 Å². The number of ether oxygens (including phenoxy) is 2. The second kappa shape index (κ2) is 14.3. The average Bonchev–Trinajstić information content (AvgIpc) is 2.49. The molecule has 0 spiro atoms. The molecule has 0 aliphatic heterocycles. The molecule has 0 saturated carbocycles. The summed E-state index contributed by atoms with van der Waals surface area (Å²) >= 11 is 3.44. The van der Waals surface area contributed by atoms with Crippen molar-refractivity contribution in [2.45, 2.75) is 85.0 Å². The van der Waals surface area contributed by atoms with Gasteiger partial charge in [0.2, 0.25) is 0 Å². The Morgan fingerprint density at radius 1 is 0.909 bits per heavy atom. The van der Waals surface area contributed by atoms with E-state index in [-0.39, 0.29) is 5.41 Å². The van der Waals surface area contributed by atoms with Gasteiger partial charge < -0.3 is 9.47 Å². The molecule has 4 heteroatoms. The SMILES string of the molecule is CCCCCCCCOC(=O)OCC(C)(C)CCCCCBr. The van der Waals surface area contributed by atoms with Gasteiger partial charge in [-0.3, -0.25) is 0 Å². The summed E-state index contributed by atoms with van der Waals surface area (Å²) in [5.74, 6) is 0. The van der Waals surface area contributed by atoms with Crippen molar-refractivity contribution in [3.8, 4) is 0 Å². The predicted octanol–water partition coefficient (Wildman–Crippen LogP) is 6.48. The predicted molar refractivity (Wildman–Crippen MR) is 96.7 cm³/mol. The maximum absolute atomic E-state index is 11.6. The van der Waals surface area contributed by atoms with E-state index in [0.29, 0.717) is 13.2 Å². The van der Waals surface area contributed by atoms with Crippen molar-refractivity contribution >= 4 is 22.1 Å². The van der Waals surface area contributed by atoms with E-state index in [1.54, 1.807) is 0 Å². The van der Waals surface area contributed by atoms with Gasteiger partial charge >= 0.3 is 6.16 Å². The van der Waals surface area contributed by atoms with E-state index in [2.05, 4.69) is 36.7 Å². The summed E-state index contributed by atoms with van der Waals surface area (Å²) in [6.45, 7) is 7.42. The number of hydrogen-bond donors (Lipinski definition) is 0. The molecule has 0 fully saturated rings. The molecule has 0 unspecified atom stereocenters. The smallest absolute Gasteiger partial charge is 0.434 e. The Labute approximate surface area is 145 Å².